The van der Waals surface area contributed by atoms with Gasteiger partial charge in [-0.15, -0.1) is 5.11 Å². The second kappa shape index (κ2) is 8.95. The van der Waals surface area contributed by atoms with E-state index in [1.807, 2.05) is 16.7 Å². The van der Waals surface area contributed by atoms with Gasteiger partial charge in [-0.25, -0.2) is 19.4 Å². The van der Waals surface area contributed by atoms with Gasteiger partial charge < -0.3 is 19.0 Å². The fourth-order valence-corrected chi connectivity index (χ4v) is 4.38. The minimum absolute atomic E-state index is 0.0706. The van der Waals surface area contributed by atoms with E-state index in [4.69, 9.17) is 4.74 Å². The molecule has 0 saturated heterocycles. The molecule has 12 heteroatoms. The molecule has 6 rings (SSSR count). The van der Waals surface area contributed by atoms with E-state index in [0.29, 0.717) is 23.8 Å². The number of benzene rings is 1. The summed E-state index contributed by atoms with van der Waals surface area (Å²) in [4.78, 5) is 21.9. The quantitative estimate of drug-likeness (QED) is 0.393. The Morgan fingerprint density at radius 3 is 2.92 bits per heavy atom. The van der Waals surface area contributed by atoms with E-state index in [-0.39, 0.29) is 30.4 Å². The molecule has 4 heterocycles. The third-order valence-electron chi connectivity index (χ3n) is 6.41. The zero-order valence-electron chi connectivity index (χ0n) is 19.6. The molecule has 1 aliphatic heterocycles. The van der Waals surface area contributed by atoms with Crippen LogP contribution >= 0.6 is 0 Å². The van der Waals surface area contributed by atoms with Crippen LogP contribution in [0.4, 0.5) is 10.1 Å². The van der Waals surface area contributed by atoms with Crippen molar-refractivity contribution in [3.05, 3.63) is 77.5 Å². The van der Waals surface area contributed by atoms with Crippen LogP contribution in [0.25, 0.3) is 5.65 Å². The first-order chi connectivity index (χ1) is 17.6. The zero-order valence-corrected chi connectivity index (χ0v) is 19.6. The number of hydrogen-bond acceptors (Lipinski definition) is 8. The van der Waals surface area contributed by atoms with Crippen molar-refractivity contribution in [3.8, 4) is 5.75 Å². The maximum absolute atomic E-state index is 15.1. The molecule has 184 valence electrons. The third kappa shape index (κ3) is 4.10. The molecule has 0 spiro atoms. The largest absolute Gasteiger partial charge is 0.494 e. The number of imidazole rings is 2. The minimum Gasteiger partial charge on any atom is -0.494 e. The Bertz CT molecular complexity index is 1470. The van der Waals surface area contributed by atoms with Crippen LogP contribution in [0.5, 0.6) is 5.75 Å². The second-order valence-electron chi connectivity index (χ2n) is 8.81. The molecule has 2 aliphatic rings. The maximum Gasteiger partial charge on any atom is 0.269 e. The molecule has 4 aromatic rings. The Balaban J connectivity index is 1.19. The summed E-state index contributed by atoms with van der Waals surface area (Å²) in [6.07, 6.45) is 9.64. The SMILES string of the molecule is COc1ccc(N2CN=NN2)c(CNC(=O)c2cncn2Cc2cn3cc(C4CC4)ccc3n2)c1F. The Labute approximate surface area is 205 Å². The third-order valence-corrected chi connectivity index (χ3v) is 6.41. The Hall–Kier alpha value is -4.48. The highest BCUT2D eigenvalue weighted by molar-refractivity contribution is 5.92. The lowest BCUT2D eigenvalue weighted by Crippen LogP contribution is -2.32. The molecule has 1 saturated carbocycles. The lowest BCUT2D eigenvalue weighted by atomic mass is 10.1. The lowest BCUT2D eigenvalue weighted by molar-refractivity contribution is 0.0941. The average Bonchev–Trinajstić information content (AvgIpc) is 3.24. The Morgan fingerprint density at radius 1 is 1.25 bits per heavy atom. The van der Waals surface area contributed by atoms with E-state index in [1.165, 1.54) is 37.8 Å². The maximum atomic E-state index is 15.1. The van der Waals surface area contributed by atoms with Gasteiger partial charge in [0.25, 0.3) is 5.91 Å². The molecule has 1 fully saturated rings. The van der Waals surface area contributed by atoms with Gasteiger partial charge in [0.15, 0.2) is 18.2 Å². The molecule has 3 aromatic heterocycles. The normalized spacial score (nSPS) is 14.9. The number of carbonyl (C=O) groups excluding carboxylic acids is 1. The number of methoxy groups -OCH3 is 1. The van der Waals surface area contributed by atoms with Crippen LogP contribution in [0, 0.1) is 5.82 Å². The number of anilines is 1. The number of nitrogens with one attached hydrogen (secondary N) is 2. The highest BCUT2D eigenvalue weighted by Gasteiger charge is 2.24. The number of amides is 1. The van der Waals surface area contributed by atoms with Crippen LogP contribution < -0.4 is 20.6 Å². The van der Waals surface area contributed by atoms with Crippen molar-refractivity contribution in [3.63, 3.8) is 0 Å². The molecule has 0 atom stereocenters. The smallest absolute Gasteiger partial charge is 0.269 e. The van der Waals surface area contributed by atoms with Gasteiger partial charge in [-0.05, 0) is 42.5 Å². The molecule has 36 heavy (non-hydrogen) atoms. The van der Waals surface area contributed by atoms with E-state index in [1.54, 1.807) is 22.0 Å². The average molecular weight is 490 g/mol. The van der Waals surface area contributed by atoms with Crippen LogP contribution in [0.15, 0.2) is 59.5 Å². The molecule has 2 N–H and O–H groups in total. The number of hydrazine groups is 1. The molecule has 0 unspecified atom stereocenters. The molecule has 1 amide bonds. The Morgan fingerprint density at radius 2 is 2.14 bits per heavy atom. The van der Waals surface area contributed by atoms with Crippen LogP contribution in [-0.2, 0) is 13.1 Å². The van der Waals surface area contributed by atoms with E-state index < -0.39 is 5.82 Å². The molecule has 11 nitrogen and oxygen atoms in total. The fraction of sp³-hybridized carbons (Fsp3) is 0.292. The summed E-state index contributed by atoms with van der Waals surface area (Å²) in [5.74, 6) is -0.209. The van der Waals surface area contributed by atoms with Crippen molar-refractivity contribution in [2.24, 2.45) is 10.3 Å². The lowest BCUT2D eigenvalue weighted by Gasteiger charge is -2.21. The number of hydrogen-bond donors (Lipinski definition) is 2. The van der Waals surface area contributed by atoms with Gasteiger partial charge >= 0.3 is 0 Å². The number of rotatable bonds is 8. The predicted octanol–water partition coefficient (Wildman–Crippen LogP) is 3.18. The molecule has 0 bridgehead atoms. The van der Waals surface area contributed by atoms with E-state index >= 15 is 4.39 Å². The molecular weight excluding hydrogens is 465 g/mol. The first kappa shape index (κ1) is 22.0. The summed E-state index contributed by atoms with van der Waals surface area (Å²) in [7, 11) is 1.39. The number of nitrogens with zero attached hydrogens (tertiary/aromatic N) is 7. The van der Waals surface area contributed by atoms with E-state index in [2.05, 4.69) is 43.4 Å². The van der Waals surface area contributed by atoms with Crippen molar-refractivity contribution in [2.75, 3.05) is 18.8 Å². The zero-order chi connectivity index (χ0) is 24.6. The molecule has 1 aromatic carbocycles. The van der Waals surface area contributed by atoms with Crippen molar-refractivity contribution < 1.29 is 13.9 Å². The van der Waals surface area contributed by atoms with Crippen LogP contribution in [0.1, 0.15) is 46.1 Å². The molecule has 1 aliphatic carbocycles. The predicted molar refractivity (Wildman–Crippen MR) is 128 cm³/mol. The van der Waals surface area contributed by atoms with Crippen LogP contribution in [0.3, 0.4) is 0 Å². The van der Waals surface area contributed by atoms with Crippen LogP contribution in [0.2, 0.25) is 0 Å². The topological polar surface area (TPSA) is 113 Å². The number of halogens is 1. The van der Waals surface area contributed by atoms with Gasteiger partial charge in [0, 0.05) is 24.5 Å². The van der Waals surface area contributed by atoms with Gasteiger partial charge in [-0.3, -0.25) is 4.79 Å². The van der Waals surface area contributed by atoms with Crippen molar-refractivity contribution in [2.45, 2.75) is 31.8 Å². The van der Waals surface area contributed by atoms with Crippen molar-refractivity contribution in [1.82, 2.24) is 29.8 Å². The van der Waals surface area contributed by atoms with Gasteiger partial charge in [-0.2, -0.15) is 5.53 Å². The Kier molecular flexibility index (Phi) is 5.47. The van der Waals surface area contributed by atoms with Crippen molar-refractivity contribution in [1.29, 1.82) is 0 Å². The molecule has 0 radical (unpaired) electrons. The van der Waals surface area contributed by atoms with Gasteiger partial charge in [0.2, 0.25) is 0 Å². The second-order valence-corrected chi connectivity index (χ2v) is 8.81. The number of ether oxygens (including phenoxy) is 1. The highest BCUT2D eigenvalue weighted by atomic mass is 19.1. The summed E-state index contributed by atoms with van der Waals surface area (Å²) in [5.41, 5.74) is 6.79. The summed E-state index contributed by atoms with van der Waals surface area (Å²) < 4.78 is 24.0. The first-order valence-electron chi connectivity index (χ1n) is 11.6. The van der Waals surface area contributed by atoms with Gasteiger partial charge in [0.05, 0.1) is 37.6 Å². The number of carbonyl (C=O) groups is 1. The van der Waals surface area contributed by atoms with E-state index in [0.717, 1.165) is 11.3 Å². The number of fused-ring (bicyclic) bond motifs is 1. The van der Waals surface area contributed by atoms with E-state index in [9.17, 15) is 4.79 Å². The highest BCUT2D eigenvalue weighted by Crippen LogP contribution is 2.39. The summed E-state index contributed by atoms with van der Waals surface area (Å²) in [5, 5.41) is 11.9. The van der Waals surface area contributed by atoms with Gasteiger partial charge in [0.1, 0.15) is 11.3 Å². The standard InChI is InChI=1S/C24H24FN9O2/c1-36-21-6-5-19(34-14-28-30-31-34)18(23(21)25)8-27-24(35)20-9-26-13-33(20)12-17-11-32-10-16(15-2-3-15)4-7-22(32)29-17/h4-7,9-11,13,15H,2-3,8,12,14H2,1H3,(H,27,35)(H,28,31). The van der Waals surface area contributed by atoms with Gasteiger partial charge in [-0.1, -0.05) is 11.3 Å². The summed E-state index contributed by atoms with van der Waals surface area (Å²) in [6.45, 7) is 0.530. The first-order valence-corrected chi connectivity index (χ1v) is 11.6. The van der Waals surface area contributed by atoms with Crippen LogP contribution in [-0.4, -0.2) is 38.6 Å². The fourth-order valence-electron chi connectivity index (χ4n) is 4.38. The molecular formula is C24H24FN9O2. The summed E-state index contributed by atoms with van der Waals surface area (Å²) in [6, 6.07) is 7.36. The monoisotopic (exact) mass is 489 g/mol. The number of aromatic nitrogens is 4. The minimum atomic E-state index is -0.562. The number of pyridine rings is 1. The van der Waals surface area contributed by atoms with Crippen molar-refractivity contribution >= 4 is 17.2 Å². The summed E-state index contributed by atoms with van der Waals surface area (Å²) >= 11 is 0.